The van der Waals surface area contributed by atoms with Crippen LogP contribution >= 0.6 is 11.6 Å². The first-order valence-corrected chi connectivity index (χ1v) is 6.61. The lowest BCUT2D eigenvalue weighted by molar-refractivity contribution is 0.0505. The predicted molar refractivity (Wildman–Crippen MR) is 70.6 cm³/mol. The summed E-state index contributed by atoms with van der Waals surface area (Å²) in [5.41, 5.74) is 2.84. The summed E-state index contributed by atoms with van der Waals surface area (Å²) in [5.74, 6) is 0.172. The standard InChI is InChI=1S/C14H19ClO2/c1-3-5-11-6-7-12(9-13(11)10-15)14(16)17-8-4-2/h6-7,9H,3-5,8,10H2,1-2H3. The molecule has 0 aliphatic heterocycles. The van der Waals surface area contributed by atoms with Crippen LogP contribution < -0.4 is 0 Å². The summed E-state index contributed by atoms with van der Waals surface area (Å²) in [4.78, 5) is 11.7. The van der Waals surface area contributed by atoms with E-state index in [4.69, 9.17) is 16.3 Å². The maximum atomic E-state index is 11.7. The number of halogens is 1. The monoisotopic (exact) mass is 254 g/mol. The van der Waals surface area contributed by atoms with Gasteiger partial charge in [0.15, 0.2) is 0 Å². The van der Waals surface area contributed by atoms with E-state index >= 15 is 0 Å². The number of ether oxygens (including phenoxy) is 1. The fraction of sp³-hybridized carbons (Fsp3) is 0.500. The number of hydrogen-bond donors (Lipinski definition) is 0. The molecule has 0 radical (unpaired) electrons. The number of rotatable bonds is 6. The smallest absolute Gasteiger partial charge is 0.338 e. The second kappa shape index (κ2) is 7.33. The van der Waals surface area contributed by atoms with Crippen LogP contribution in [-0.4, -0.2) is 12.6 Å². The third-order valence-electron chi connectivity index (χ3n) is 2.54. The van der Waals surface area contributed by atoms with E-state index in [0.717, 1.165) is 24.8 Å². The summed E-state index contributed by atoms with van der Waals surface area (Å²) >= 11 is 5.90. The van der Waals surface area contributed by atoms with Gasteiger partial charge >= 0.3 is 5.97 Å². The Morgan fingerprint density at radius 3 is 2.59 bits per heavy atom. The minimum Gasteiger partial charge on any atom is -0.462 e. The summed E-state index contributed by atoms with van der Waals surface area (Å²) in [7, 11) is 0. The summed E-state index contributed by atoms with van der Waals surface area (Å²) in [6, 6.07) is 5.64. The van der Waals surface area contributed by atoms with Gasteiger partial charge in [0, 0.05) is 5.88 Å². The Morgan fingerprint density at radius 2 is 2.00 bits per heavy atom. The molecule has 0 saturated heterocycles. The fourth-order valence-corrected chi connectivity index (χ4v) is 1.92. The van der Waals surface area contributed by atoms with Gasteiger partial charge in [-0.2, -0.15) is 0 Å². The lowest BCUT2D eigenvalue weighted by Gasteiger charge is -2.09. The van der Waals surface area contributed by atoms with Crippen molar-refractivity contribution < 1.29 is 9.53 Å². The van der Waals surface area contributed by atoms with Crippen LogP contribution in [0.2, 0.25) is 0 Å². The summed E-state index contributed by atoms with van der Waals surface area (Å²) in [6.45, 7) is 4.56. The average Bonchev–Trinajstić information content (AvgIpc) is 2.36. The van der Waals surface area contributed by atoms with Gasteiger partial charge in [-0.15, -0.1) is 11.6 Å². The Balaban J connectivity index is 2.84. The number of esters is 1. The molecule has 0 aliphatic rings. The van der Waals surface area contributed by atoms with Gasteiger partial charge in [-0.05, 0) is 36.1 Å². The van der Waals surface area contributed by atoms with Crippen LogP contribution in [0.5, 0.6) is 0 Å². The highest BCUT2D eigenvalue weighted by molar-refractivity contribution is 6.17. The van der Waals surface area contributed by atoms with E-state index in [0.29, 0.717) is 18.1 Å². The van der Waals surface area contributed by atoms with Crippen molar-refractivity contribution >= 4 is 17.6 Å². The molecular weight excluding hydrogens is 236 g/mol. The van der Waals surface area contributed by atoms with Crippen LogP contribution in [0.25, 0.3) is 0 Å². The van der Waals surface area contributed by atoms with Crippen LogP contribution in [0, 0.1) is 0 Å². The SMILES string of the molecule is CCCOC(=O)c1ccc(CCC)c(CCl)c1. The van der Waals surface area contributed by atoms with E-state index in [2.05, 4.69) is 6.92 Å². The van der Waals surface area contributed by atoms with Crippen LogP contribution in [0.4, 0.5) is 0 Å². The molecular formula is C14H19ClO2. The van der Waals surface area contributed by atoms with E-state index in [1.807, 2.05) is 25.1 Å². The van der Waals surface area contributed by atoms with E-state index in [-0.39, 0.29) is 5.97 Å². The quantitative estimate of drug-likeness (QED) is 0.568. The van der Waals surface area contributed by atoms with Crippen molar-refractivity contribution in [2.45, 2.75) is 39.0 Å². The number of alkyl halides is 1. The third kappa shape index (κ3) is 4.04. The molecule has 0 saturated carbocycles. The minimum absolute atomic E-state index is 0.263. The zero-order valence-electron chi connectivity index (χ0n) is 10.5. The number of carbonyl (C=O) groups is 1. The van der Waals surface area contributed by atoms with Crippen molar-refractivity contribution in [2.75, 3.05) is 6.61 Å². The molecule has 0 bridgehead atoms. The number of hydrogen-bond acceptors (Lipinski definition) is 2. The Labute approximate surface area is 108 Å². The maximum Gasteiger partial charge on any atom is 0.338 e. The normalized spacial score (nSPS) is 10.3. The van der Waals surface area contributed by atoms with Gasteiger partial charge in [-0.1, -0.05) is 26.3 Å². The van der Waals surface area contributed by atoms with Gasteiger partial charge in [0.1, 0.15) is 0 Å². The molecule has 0 spiro atoms. The van der Waals surface area contributed by atoms with Crippen LogP contribution in [-0.2, 0) is 17.0 Å². The molecule has 2 nitrogen and oxygen atoms in total. The number of aryl methyl sites for hydroxylation is 1. The molecule has 0 N–H and O–H groups in total. The molecule has 1 aromatic rings. The highest BCUT2D eigenvalue weighted by Crippen LogP contribution is 2.17. The molecule has 1 aromatic carbocycles. The third-order valence-corrected chi connectivity index (χ3v) is 2.83. The largest absolute Gasteiger partial charge is 0.462 e. The van der Waals surface area contributed by atoms with Crippen molar-refractivity contribution in [1.29, 1.82) is 0 Å². The second-order valence-corrected chi connectivity index (χ2v) is 4.27. The maximum absolute atomic E-state index is 11.7. The molecule has 1 rings (SSSR count). The minimum atomic E-state index is -0.263. The predicted octanol–water partition coefficient (Wildman–Crippen LogP) is 3.94. The molecule has 0 aliphatic carbocycles. The summed E-state index contributed by atoms with van der Waals surface area (Å²) < 4.78 is 5.09. The average molecular weight is 255 g/mol. The summed E-state index contributed by atoms with van der Waals surface area (Å²) in [5, 5.41) is 0. The first-order chi connectivity index (χ1) is 8.22. The molecule has 0 unspecified atom stereocenters. The number of benzene rings is 1. The Bertz CT molecular complexity index is 374. The van der Waals surface area contributed by atoms with Gasteiger partial charge in [0.25, 0.3) is 0 Å². The van der Waals surface area contributed by atoms with Crippen LogP contribution in [0.3, 0.4) is 0 Å². The van der Waals surface area contributed by atoms with Gasteiger partial charge in [-0.25, -0.2) is 4.79 Å². The van der Waals surface area contributed by atoms with Crippen molar-refractivity contribution in [1.82, 2.24) is 0 Å². The Morgan fingerprint density at radius 1 is 1.24 bits per heavy atom. The van der Waals surface area contributed by atoms with Crippen molar-refractivity contribution in [3.8, 4) is 0 Å². The second-order valence-electron chi connectivity index (χ2n) is 4.00. The lowest BCUT2D eigenvalue weighted by Crippen LogP contribution is -2.07. The van der Waals surface area contributed by atoms with Crippen molar-refractivity contribution in [3.05, 3.63) is 34.9 Å². The van der Waals surface area contributed by atoms with E-state index < -0.39 is 0 Å². The molecule has 17 heavy (non-hydrogen) atoms. The topological polar surface area (TPSA) is 26.3 Å². The number of carbonyl (C=O) groups excluding carboxylic acids is 1. The molecule has 0 aromatic heterocycles. The van der Waals surface area contributed by atoms with Gasteiger partial charge in [0.05, 0.1) is 12.2 Å². The van der Waals surface area contributed by atoms with Crippen molar-refractivity contribution in [2.24, 2.45) is 0 Å². The van der Waals surface area contributed by atoms with Crippen LogP contribution in [0.1, 0.15) is 48.2 Å². The first-order valence-electron chi connectivity index (χ1n) is 6.07. The Kier molecular flexibility index (Phi) is 6.06. The zero-order chi connectivity index (χ0) is 12.7. The molecule has 3 heteroatoms. The van der Waals surface area contributed by atoms with E-state index in [9.17, 15) is 4.79 Å². The van der Waals surface area contributed by atoms with Crippen molar-refractivity contribution in [3.63, 3.8) is 0 Å². The highest BCUT2D eigenvalue weighted by Gasteiger charge is 2.09. The zero-order valence-corrected chi connectivity index (χ0v) is 11.2. The fourth-order valence-electron chi connectivity index (χ4n) is 1.67. The summed E-state index contributed by atoms with van der Waals surface area (Å²) in [6.07, 6.45) is 2.90. The first kappa shape index (κ1) is 14.0. The highest BCUT2D eigenvalue weighted by atomic mass is 35.5. The molecule has 0 fully saturated rings. The molecule has 0 heterocycles. The molecule has 94 valence electrons. The van der Waals surface area contributed by atoms with Gasteiger partial charge < -0.3 is 4.74 Å². The van der Waals surface area contributed by atoms with Crippen LogP contribution in [0.15, 0.2) is 18.2 Å². The molecule has 0 atom stereocenters. The lowest BCUT2D eigenvalue weighted by atomic mass is 10.0. The van der Waals surface area contributed by atoms with Gasteiger partial charge in [-0.3, -0.25) is 0 Å². The Hall–Kier alpha value is -1.02. The van der Waals surface area contributed by atoms with E-state index in [1.54, 1.807) is 0 Å². The van der Waals surface area contributed by atoms with E-state index in [1.165, 1.54) is 5.56 Å². The van der Waals surface area contributed by atoms with Gasteiger partial charge in [0.2, 0.25) is 0 Å². The molecule has 0 amide bonds.